The number of amides is 2. The third-order valence-electron chi connectivity index (χ3n) is 4.25. The molecule has 0 bridgehead atoms. The second-order valence-electron chi connectivity index (χ2n) is 6.49. The number of hydrogen-bond donors (Lipinski definition) is 1. The molecule has 2 amide bonds. The number of benzene rings is 2. The van der Waals surface area contributed by atoms with Crippen molar-refractivity contribution in [1.82, 2.24) is 9.88 Å². The summed E-state index contributed by atoms with van der Waals surface area (Å²) in [7, 11) is 3.02. The van der Waals surface area contributed by atoms with Crippen molar-refractivity contribution in [2.75, 3.05) is 26.0 Å². The van der Waals surface area contributed by atoms with E-state index in [9.17, 15) is 14.0 Å². The number of nitrogens with zero attached hydrogens (tertiary/aromatic N) is 2. The van der Waals surface area contributed by atoms with E-state index in [-0.39, 0.29) is 18.3 Å². The van der Waals surface area contributed by atoms with E-state index < -0.39 is 5.91 Å². The number of methoxy groups -OCH3 is 1. The fourth-order valence-electron chi connectivity index (χ4n) is 2.74. The second kappa shape index (κ2) is 9.23. The standard InChI is InChI=1S/C21H19ClFN3O3S/c1-12-19(30-20(24-12)13-4-7-15(23)8-5-13)21(28)26(2)11-18(27)25-16-10-14(22)6-9-17(16)29-3/h4-10H,11H2,1-3H3,(H,25,27). The SMILES string of the molecule is COc1ccc(Cl)cc1NC(=O)CN(C)C(=O)c1sc(-c2ccc(F)cc2)nc1C. The van der Waals surface area contributed by atoms with Crippen LogP contribution in [0.3, 0.4) is 0 Å². The molecule has 1 N–H and O–H groups in total. The van der Waals surface area contributed by atoms with Crippen LogP contribution in [-0.2, 0) is 4.79 Å². The smallest absolute Gasteiger partial charge is 0.266 e. The number of aryl methyl sites for hydroxylation is 1. The van der Waals surface area contributed by atoms with Crippen molar-refractivity contribution in [2.24, 2.45) is 0 Å². The molecule has 3 aromatic rings. The van der Waals surface area contributed by atoms with E-state index in [0.717, 1.165) is 5.56 Å². The summed E-state index contributed by atoms with van der Waals surface area (Å²) in [4.78, 5) is 31.4. The molecule has 0 unspecified atom stereocenters. The predicted octanol–water partition coefficient (Wildman–Crippen LogP) is 4.63. The number of anilines is 1. The maximum atomic E-state index is 13.1. The maximum absolute atomic E-state index is 13.1. The molecule has 0 saturated heterocycles. The minimum atomic E-state index is -0.396. The van der Waals surface area contributed by atoms with Gasteiger partial charge in [-0.2, -0.15) is 0 Å². The van der Waals surface area contributed by atoms with E-state index in [0.29, 0.717) is 32.0 Å². The van der Waals surface area contributed by atoms with Crippen molar-refractivity contribution in [3.8, 4) is 16.3 Å². The molecule has 0 aliphatic rings. The summed E-state index contributed by atoms with van der Waals surface area (Å²) < 4.78 is 18.3. The van der Waals surface area contributed by atoms with E-state index in [1.54, 1.807) is 37.3 Å². The average Bonchev–Trinajstić information content (AvgIpc) is 3.09. The van der Waals surface area contributed by atoms with E-state index in [4.69, 9.17) is 16.3 Å². The molecule has 0 saturated carbocycles. The lowest BCUT2D eigenvalue weighted by atomic mass is 10.2. The highest BCUT2D eigenvalue weighted by Crippen LogP contribution is 2.29. The minimum Gasteiger partial charge on any atom is -0.495 e. The van der Waals surface area contributed by atoms with Crippen LogP contribution < -0.4 is 10.1 Å². The lowest BCUT2D eigenvalue weighted by Crippen LogP contribution is -2.34. The van der Waals surface area contributed by atoms with Crippen molar-refractivity contribution in [3.63, 3.8) is 0 Å². The number of likely N-dealkylation sites (N-methyl/N-ethyl adjacent to an activating group) is 1. The van der Waals surface area contributed by atoms with E-state index in [1.165, 1.54) is 42.5 Å². The Morgan fingerprint density at radius 2 is 1.93 bits per heavy atom. The Labute approximate surface area is 182 Å². The largest absolute Gasteiger partial charge is 0.495 e. The fraction of sp³-hybridized carbons (Fsp3) is 0.190. The fourth-order valence-corrected chi connectivity index (χ4v) is 3.98. The summed E-state index contributed by atoms with van der Waals surface area (Å²) in [5.74, 6) is -0.603. The molecule has 6 nitrogen and oxygen atoms in total. The van der Waals surface area contributed by atoms with Crippen molar-refractivity contribution in [3.05, 3.63) is 63.9 Å². The first-order valence-corrected chi connectivity index (χ1v) is 10.1. The van der Waals surface area contributed by atoms with Crippen LogP contribution in [0.5, 0.6) is 5.75 Å². The first-order valence-electron chi connectivity index (χ1n) is 8.90. The molecule has 9 heteroatoms. The zero-order valence-corrected chi connectivity index (χ0v) is 18.1. The molecule has 3 rings (SSSR count). The van der Waals surface area contributed by atoms with Crippen molar-refractivity contribution in [2.45, 2.75) is 6.92 Å². The normalized spacial score (nSPS) is 10.6. The van der Waals surface area contributed by atoms with Gasteiger partial charge in [0.2, 0.25) is 5.91 Å². The summed E-state index contributed by atoms with van der Waals surface area (Å²) in [5.41, 5.74) is 1.69. The summed E-state index contributed by atoms with van der Waals surface area (Å²) in [6.45, 7) is 1.55. The van der Waals surface area contributed by atoms with Crippen LogP contribution in [0.1, 0.15) is 15.4 Å². The van der Waals surface area contributed by atoms with Gasteiger partial charge in [0.15, 0.2) is 0 Å². The molecular weight excluding hydrogens is 429 g/mol. The van der Waals surface area contributed by atoms with Gasteiger partial charge in [0.05, 0.1) is 25.0 Å². The number of rotatable bonds is 6. The Morgan fingerprint density at radius 1 is 1.23 bits per heavy atom. The number of thiazole rings is 1. The zero-order chi connectivity index (χ0) is 21.8. The van der Waals surface area contributed by atoms with Crippen molar-refractivity contribution < 1.29 is 18.7 Å². The van der Waals surface area contributed by atoms with E-state index >= 15 is 0 Å². The highest BCUT2D eigenvalue weighted by Gasteiger charge is 2.22. The molecule has 0 aliphatic carbocycles. The van der Waals surface area contributed by atoms with E-state index in [2.05, 4.69) is 10.3 Å². The zero-order valence-electron chi connectivity index (χ0n) is 16.5. The van der Waals surface area contributed by atoms with Crippen LogP contribution in [0, 0.1) is 12.7 Å². The first-order chi connectivity index (χ1) is 14.3. The third-order valence-corrected chi connectivity index (χ3v) is 5.67. The predicted molar refractivity (Wildman–Crippen MR) is 116 cm³/mol. The molecule has 0 spiro atoms. The van der Waals surface area contributed by atoms with Gasteiger partial charge in [-0.25, -0.2) is 9.37 Å². The summed E-state index contributed by atoms with van der Waals surface area (Å²) in [5, 5.41) is 3.76. The van der Waals surface area contributed by atoms with Gasteiger partial charge in [-0.3, -0.25) is 9.59 Å². The van der Waals surface area contributed by atoms with Gasteiger partial charge in [-0.15, -0.1) is 11.3 Å². The maximum Gasteiger partial charge on any atom is 0.266 e. The summed E-state index contributed by atoms with van der Waals surface area (Å²) in [6, 6.07) is 10.8. The first kappa shape index (κ1) is 21.7. The number of carbonyl (C=O) groups excluding carboxylic acids is 2. The molecule has 1 aromatic heterocycles. The molecule has 0 aliphatic heterocycles. The van der Waals surface area contributed by atoms with Crippen LogP contribution >= 0.6 is 22.9 Å². The quantitative estimate of drug-likeness (QED) is 0.598. The Kier molecular flexibility index (Phi) is 6.69. The third kappa shape index (κ3) is 4.95. The van der Waals surface area contributed by atoms with Crippen molar-refractivity contribution in [1.29, 1.82) is 0 Å². The van der Waals surface area contributed by atoms with Crippen LogP contribution in [0.15, 0.2) is 42.5 Å². The molecule has 30 heavy (non-hydrogen) atoms. The second-order valence-corrected chi connectivity index (χ2v) is 7.93. The van der Waals surface area contributed by atoms with Crippen LogP contribution in [0.25, 0.3) is 10.6 Å². The van der Waals surface area contributed by atoms with Gasteiger partial charge in [0.25, 0.3) is 5.91 Å². The molecule has 0 radical (unpaired) electrons. The lowest BCUT2D eigenvalue weighted by molar-refractivity contribution is -0.116. The van der Waals surface area contributed by atoms with Gasteiger partial charge in [-0.1, -0.05) is 11.6 Å². The Balaban J connectivity index is 1.71. The highest BCUT2D eigenvalue weighted by atomic mass is 35.5. The lowest BCUT2D eigenvalue weighted by Gasteiger charge is -2.17. The molecule has 0 atom stereocenters. The Bertz CT molecular complexity index is 1090. The summed E-state index contributed by atoms with van der Waals surface area (Å²) >= 11 is 7.17. The van der Waals surface area contributed by atoms with Gasteiger partial charge in [0, 0.05) is 17.6 Å². The topological polar surface area (TPSA) is 71.5 Å². The molecular formula is C21H19ClFN3O3S. The number of aromatic nitrogens is 1. The number of nitrogens with one attached hydrogen (secondary N) is 1. The summed E-state index contributed by atoms with van der Waals surface area (Å²) in [6.07, 6.45) is 0. The molecule has 2 aromatic carbocycles. The van der Waals surface area contributed by atoms with E-state index in [1.807, 2.05) is 0 Å². The monoisotopic (exact) mass is 447 g/mol. The molecule has 0 fully saturated rings. The van der Waals surface area contributed by atoms with Crippen LogP contribution in [0.2, 0.25) is 5.02 Å². The minimum absolute atomic E-state index is 0.169. The number of ether oxygens (including phenoxy) is 1. The number of hydrogen-bond acceptors (Lipinski definition) is 5. The van der Waals surface area contributed by atoms with Gasteiger partial charge >= 0.3 is 0 Å². The Hall–Kier alpha value is -2.97. The number of carbonyl (C=O) groups is 2. The van der Waals surface area contributed by atoms with Crippen LogP contribution in [-0.4, -0.2) is 42.4 Å². The highest BCUT2D eigenvalue weighted by molar-refractivity contribution is 7.17. The van der Waals surface area contributed by atoms with Gasteiger partial charge in [0.1, 0.15) is 21.5 Å². The van der Waals surface area contributed by atoms with Crippen molar-refractivity contribution >= 4 is 40.4 Å². The molecule has 156 valence electrons. The van der Waals surface area contributed by atoms with Gasteiger partial charge in [-0.05, 0) is 49.4 Å². The molecule has 1 heterocycles. The van der Waals surface area contributed by atoms with Crippen LogP contribution in [0.4, 0.5) is 10.1 Å². The van der Waals surface area contributed by atoms with Gasteiger partial charge < -0.3 is 15.0 Å². The Morgan fingerprint density at radius 3 is 2.60 bits per heavy atom. The number of halogens is 2. The average molecular weight is 448 g/mol.